The zero-order valence-electron chi connectivity index (χ0n) is 19.3. The fraction of sp³-hybridized carbons (Fsp3) is 0.875. The number of hydrogen-bond acceptors (Lipinski definition) is 3. The maximum absolute atomic E-state index is 13.4. The predicted molar refractivity (Wildman–Crippen MR) is 118 cm³/mol. The first-order valence-corrected chi connectivity index (χ1v) is 12.1. The average molecular weight is 420 g/mol. The van der Waals surface area contributed by atoms with Gasteiger partial charge in [-0.15, -0.1) is 0 Å². The molecule has 2 aliphatic heterocycles. The highest BCUT2D eigenvalue weighted by molar-refractivity contribution is 5.89. The fourth-order valence-electron chi connectivity index (χ4n) is 5.20. The van der Waals surface area contributed by atoms with Gasteiger partial charge in [0.25, 0.3) is 0 Å². The van der Waals surface area contributed by atoms with Crippen LogP contribution in [-0.4, -0.2) is 59.7 Å². The van der Waals surface area contributed by atoms with Gasteiger partial charge in [-0.2, -0.15) is 0 Å². The van der Waals surface area contributed by atoms with Crippen LogP contribution in [0.2, 0.25) is 0 Å². The molecule has 1 saturated carbocycles. The van der Waals surface area contributed by atoms with Crippen LogP contribution in [0.1, 0.15) is 85.0 Å². The Kier molecular flexibility index (Phi) is 7.81. The van der Waals surface area contributed by atoms with E-state index < -0.39 is 6.04 Å². The summed E-state index contributed by atoms with van der Waals surface area (Å²) in [6.07, 6.45) is 9.49. The van der Waals surface area contributed by atoms with Gasteiger partial charge in [0.15, 0.2) is 0 Å². The number of rotatable bonds is 5. The van der Waals surface area contributed by atoms with Crippen molar-refractivity contribution in [1.82, 2.24) is 15.1 Å². The largest absolute Gasteiger partial charge is 0.344 e. The Hall–Kier alpha value is -1.59. The van der Waals surface area contributed by atoms with Crippen molar-refractivity contribution in [3.63, 3.8) is 0 Å². The number of piperidine rings is 2. The molecule has 0 aromatic heterocycles. The summed E-state index contributed by atoms with van der Waals surface area (Å²) < 4.78 is 0. The van der Waals surface area contributed by atoms with Gasteiger partial charge in [-0.3, -0.25) is 14.4 Å². The van der Waals surface area contributed by atoms with Gasteiger partial charge < -0.3 is 15.1 Å². The van der Waals surface area contributed by atoms with Crippen molar-refractivity contribution in [1.29, 1.82) is 0 Å². The molecule has 0 spiro atoms. The maximum Gasteiger partial charge on any atom is 0.245 e. The average Bonchev–Trinajstić information content (AvgIpc) is 3.26. The van der Waals surface area contributed by atoms with Crippen LogP contribution in [0.5, 0.6) is 0 Å². The summed E-state index contributed by atoms with van der Waals surface area (Å²) in [4.78, 5) is 42.8. The molecular weight excluding hydrogens is 378 g/mol. The highest BCUT2D eigenvalue weighted by atomic mass is 16.2. The van der Waals surface area contributed by atoms with Gasteiger partial charge in [-0.05, 0) is 56.3 Å². The smallest absolute Gasteiger partial charge is 0.245 e. The van der Waals surface area contributed by atoms with Gasteiger partial charge in [0, 0.05) is 38.5 Å². The van der Waals surface area contributed by atoms with E-state index in [0.717, 1.165) is 64.5 Å². The molecule has 1 N–H and O–H groups in total. The molecule has 3 aliphatic rings. The second-order valence-electron chi connectivity index (χ2n) is 10.8. The summed E-state index contributed by atoms with van der Waals surface area (Å²) in [5.74, 6) is 0.544. The molecule has 0 bridgehead atoms. The Labute approximate surface area is 182 Å². The standard InChI is InChI=1S/C24H41N3O3/c1-24(2,3)17-20(28)26-15-11-18(12-16-26)21(23(30)27-13-7-4-8-14-27)25-22(29)19-9-5-6-10-19/h18-19,21H,4-17H2,1-3H3,(H,25,29). The van der Waals surface area contributed by atoms with Crippen molar-refractivity contribution in [2.75, 3.05) is 26.2 Å². The minimum Gasteiger partial charge on any atom is -0.344 e. The molecule has 3 rings (SSSR count). The van der Waals surface area contributed by atoms with Crippen LogP contribution in [0, 0.1) is 17.3 Å². The summed E-state index contributed by atoms with van der Waals surface area (Å²) in [7, 11) is 0. The number of nitrogens with one attached hydrogen (secondary N) is 1. The van der Waals surface area contributed by atoms with E-state index in [9.17, 15) is 14.4 Å². The molecule has 1 unspecified atom stereocenters. The van der Waals surface area contributed by atoms with E-state index >= 15 is 0 Å². The molecule has 1 atom stereocenters. The van der Waals surface area contributed by atoms with Gasteiger partial charge in [0.05, 0.1) is 0 Å². The number of nitrogens with zero attached hydrogens (tertiary/aromatic N) is 2. The molecule has 6 heteroatoms. The Morgan fingerprint density at radius 2 is 1.43 bits per heavy atom. The van der Waals surface area contributed by atoms with E-state index in [-0.39, 0.29) is 35.0 Å². The van der Waals surface area contributed by atoms with E-state index in [1.54, 1.807) is 0 Å². The maximum atomic E-state index is 13.4. The lowest BCUT2D eigenvalue weighted by atomic mass is 9.86. The summed E-state index contributed by atoms with van der Waals surface area (Å²) in [6, 6.07) is -0.434. The van der Waals surface area contributed by atoms with Gasteiger partial charge in [-0.1, -0.05) is 33.6 Å². The normalized spacial score (nSPS) is 22.8. The molecule has 1 aliphatic carbocycles. The van der Waals surface area contributed by atoms with Crippen LogP contribution in [-0.2, 0) is 14.4 Å². The number of likely N-dealkylation sites (tertiary alicyclic amines) is 2. The third-order valence-electron chi connectivity index (χ3n) is 7.00. The molecule has 0 aromatic rings. The predicted octanol–water partition coefficient (Wildman–Crippen LogP) is 3.35. The van der Waals surface area contributed by atoms with Crippen LogP contribution >= 0.6 is 0 Å². The van der Waals surface area contributed by atoms with Crippen LogP contribution in [0.3, 0.4) is 0 Å². The second-order valence-corrected chi connectivity index (χ2v) is 10.8. The summed E-state index contributed by atoms with van der Waals surface area (Å²) in [5.41, 5.74) is -0.0179. The lowest BCUT2D eigenvalue weighted by molar-refractivity contribution is -0.141. The van der Waals surface area contributed by atoms with Crippen LogP contribution in [0.25, 0.3) is 0 Å². The molecule has 30 heavy (non-hydrogen) atoms. The lowest BCUT2D eigenvalue weighted by Gasteiger charge is -2.39. The van der Waals surface area contributed by atoms with Crippen molar-refractivity contribution >= 4 is 17.7 Å². The van der Waals surface area contributed by atoms with Crippen molar-refractivity contribution in [3.05, 3.63) is 0 Å². The van der Waals surface area contributed by atoms with Crippen LogP contribution in [0.4, 0.5) is 0 Å². The number of amides is 3. The highest BCUT2D eigenvalue weighted by Gasteiger charge is 2.38. The van der Waals surface area contributed by atoms with Gasteiger partial charge in [0.1, 0.15) is 6.04 Å². The zero-order valence-corrected chi connectivity index (χ0v) is 19.3. The molecular formula is C24H41N3O3. The Balaban J connectivity index is 1.63. The van der Waals surface area contributed by atoms with Gasteiger partial charge >= 0.3 is 0 Å². The highest BCUT2D eigenvalue weighted by Crippen LogP contribution is 2.28. The minimum absolute atomic E-state index is 0.0179. The quantitative estimate of drug-likeness (QED) is 0.743. The summed E-state index contributed by atoms with van der Waals surface area (Å²) >= 11 is 0. The molecule has 0 radical (unpaired) electrons. The Morgan fingerprint density at radius 3 is 2.00 bits per heavy atom. The second kappa shape index (κ2) is 10.1. The van der Waals surface area contributed by atoms with Crippen molar-refractivity contribution in [2.24, 2.45) is 17.3 Å². The molecule has 170 valence electrons. The molecule has 0 aromatic carbocycles. The van der Waals surface area contributed by atoms with Gasteiger partial charge in [-0.25, -0.2) is 0 Å². The van der Waals surface area contributed by atoms with Crippen molar-refractivity contribution in [3.8, 4) is 0 Å². The monoisotopic (exact) mass is 419 g/mol. The van der Waals surface area contributed by atoms with E-state index in [1.165, 1.54) is 6.42 Å². The summed E-state index contributed by atoms with van der Waals surface area (Å²) in [5, 5.41) is 3.17. The first kappa shape index (κ1) is 23.1. The molecule has 3 amide bonds. The van der Waals surface area contributed by atoms with E-state index in [4.69, 9.17) is 0 Å². The number of carbonyl (C=O) groups is 3. The SMILES string of the molecule is CC(C)(C)CC(=O)N1CCC(C(NC(=O)C2CCCC2)C(=O)N2CCCCC2)CC1. The zero-order chi connectivity index (χ0) is 21.7. The lowest BCUT2D eigenvalue weighted by Crippen LogP contribution is -2.56. The Morgan fingerprint density at radius 1 is 0.833 bits per heavy atom. The fourth-order valence-corrected chi connectivity index (χ4v) is 5.20. The Bertz CT molecular complexity index is 608. The number of hydrogen-bond donors (Lipinski definition) is 1. The number of carbonyl (C=O) groups excluding carboxylic acids is 3. The van der Waals surface area contributed by atoms with Crippen LogP contribution in [0.15, 0.2) is 0 Å². The topological polar surface area (TPSA) is 69.7 Å². The first-order chi connectivity index (χ1) is 14.2. The summed E-state index contributed by atoms with van der Waals surface area (Å²) in [6.45, 7) is 9.23. The van der Waals surface area contributed by atoms with Gasteiger partial charge in [0.2, 0.25) is 17.7 Å². The van der Waals surface area contributed by atoms with Crippen molar-refractivity contribution in [2.45, 2.75) is 91.0 Å². The van der Waals surface area contributed by atoms with Crippen LogP contribution < -0.4 is 5.32 Å². The third-order valence-corrected chi connectivity index (χ3v) is 7.00. The van der Waals surface area contributed by atoms with E-state index in [0.29, 0.717) is 19.5 Å². The minimum atomic E-state index is -0.434. The third kappa shape index (κ3) is 6.21. The van der Waals surface area contributed by atoms with E-state index in [2.05, 4.69) is 26.1 Å². The molecule has 2 saturated heterocycles. The molecule has 2 heterocycles. The molecule has 3 fully saturated rings. The van der Waals surface area contributed by atoms with Crippen molar-refractivity contribution < 1.29 is 14.4 Å². The van der Waals surface area contributed by atoms with E-state index in [1.807, 2.05) is 9.80 Å². The molecule has 6 nitrogen and oxygen atoms in total. The first-order valence-electron chi connectivity index (χ1n) is 12.1.